The number of carbonyl (C=O) groups excluding carboxylic acids is 1. The van der Waals surface area contributed by atoms with Crippen LogP contribution in [0.1, 0.15) is 37.4 Å². The molecule has 0 aromatic heterocycles. The van der Waals surface area contributed by atoms with Crippen molar-refractivity contribution < 1.29 is 14.3 Å². The molecule has 1 heterocycles. The summed E-state index contributed by atoms with van der Waals surface area (Å²) in [5, 5.41) is 9.72. The minimum atomic E-state index is -0.480. The summed E-state index contributed by atoms with van der Waals surface area (Å²) in [6.07, 6.45) is 0.852. The van der Waals surface area contributed by atoms with Crippen molar-refractivity contribution >= 4 is 28.9 Å². The molecule has 6 nitrogen and oxygen atoms in total. The number of anilines is 1. The molecule has 0 saturated heterocycles. The van der Waals surface area contributed by atoms with Crippen LogP contribution < -0.4 is 25.4 Å². The third kappa shape index (κ3) is 4.74. The molecule has 1 unspecified atom stereocenters. The molecule has 0 bridgehead atoms. The van der Waals surface area contributed by atoms with Crippen molar-refractivity contribution in [2.45, 2.75) is 33.2 Å². The molecule has 0 spiro atoms. The maximum absolute atomic E-state index is 13.3. The molecule has 2 aromatic carbocycles. The molecule has 2 aromatic rings. The highest BCUT2D eigenvalue weighted by Crippen LogP contribution is 2.39. The second-order valence-corrected chi connectivity index (χ2v) is 7.53. The summed E-state index contributed by atoms with van der Waals surface area (Å²) in [5.74, 6) is 1.01. The van der Waals surface area contributed by atoms with Crippen LogP contribution in [0.3, 0.4) is 0 Å². The number of carbonyl (C=O) groups is 1. The first-order chi connectivity index (χ1) is 14.4. The molecule has 30 heavy (non-hydrogen) atoms. The number of aryl methyl sites for hydroxylation is 1. The van der Waals surface area contributed by atoms with E-state index >= 15 is 0 Å². The first kappa shape index (κ1) is 21.6. The minimum Gasteiger partial charge on any atom is -0.493 e. The van der Waals surface area contributed by atoms with Crippen molar-refractivity contribution in [2.75, 3.05) is 19.0 Å². The van der Waals surface area contributed by atoms with Crippen molar-refractivity contribution in [2.24, 2.45) is 0 Å². The normalized spacial score (nSPS) is 15.9. The van der Waals surface area contributed by atoms with Crippen molar-refractivity contribution in [3.63, 3.8) is 0 Å². The molecule has 158 valence electrons. The Kier molecular flexibility index (Phi) is 6.95. The summed E-state index contributed by atoms with van der Waals surface area (Å²) in [6, 6.07) is 12.8. The van der Waals surface area contributed by atoms with Crippen LogP contribution in [0.5, 0.6) is 11.5 Å². The maximum atomic E-state index is 13.3. The Morgan fingerprint density at radius 3 is 2.57 bits per heavy atom. The van der Waals surface area contributed by atoms with Gasteiger partial charge in [-0.1, -0.05) is 36.8 Å². The van der Waals surface area contributed by atoms with E-state index in [4.69, 9.17) is 21.7 Å². The van der Waals surface area contributed by atoms with Crippen LogP contribution in [-0.4, -0.2) is 24.7 Å². The van der Waals surface area contributed by atoms with Gasteiger partial charge < -0.3 is 25.4 Å². The van der Waals surface area contributed by atoms with E-state index in [1.165, 1.54) is 0 Å². The van der Waals surface area contributed by atoms with Gasteiger partial charge in [0.2, 0.25) is 0 Å². The number of para-hydroxylation sites is 1. The average molecular weight is 426 g/mol. The molecule has 1 amide bonds. The standard InChI is InChI=1S/C23H27N3O3S/c1-5-13-29-21-17(7-6-8-18(21)28-4)20-19(15(3)24-23(30)26-20)22(27)25-16-11-9-14(2)10-12-16/h6-12,20H,5,13H2,1-4H3,(H,25,27)(H2,24,26,30). The zero-order valence-electron chi connectivity index (χ0n) is 17.7. The Balaban J connectivity index is 2.01. The maximum Gasteiger partial charge on any atom is 0.255 e. The van der Waals surface area contributed by atoms with Gasteiger partial charge in [-0.3, -0.25) is 4.79 Å². The highest BCUT2D eigenvalue weighted by molar-refractivity contribution is 7.80. The number of thiocarbonyl (C=S) groups is 1. The van der Waals surface area contributed by atoms with E-state index in [0.29, 0.717) is 34.5 Å². The molecular weight excluding hydrogens is 398 g/mol. The molecular formula is C23H27N3O3S. The van der Waals surface area contributed by atoms with E-state index in [2.05, 4.69) is 16.0 Å². The molecule has 0 radical (unpaired) electrons. The van der Waals surface area contributed by atoms with Crippen molar-refractivity contribution in [3.05, 3.63) is 64.9 Å². The van der Waals surface area contributed by atoms with Gasteiger partial charge in [0.25, 0.3) is 5.91 Å². The predicted octanol–water partition coefficient (Wildman–Crippen LogP) is 4.22. The Bertz CT molecular complexity index is 970. The highest BCUT2D eigenvalue weighted by Gasteiger charge is 2.32. The zero-order chi connectivity index (χ0) is 21.7. The number of hydrogen-bond acceptors (Lipinski definition) is 4. The van der Waals surface area contributed by atoms with Crippen molar-refractivity contribution in [3.8, 4) is 11.5 Å². The lowest BCUT2D eigenvalue weighted by molar-refractivity contribution is -0.113. The van der Waals surface area contributed by atoms with Gasteiger partial charge in [-0.05, 0) is 50.7 Å². The van der Waals surface area contributed by atoms with E-state index in [1.807, 2.05) is 63.2 Å². The van der Waals surface area contributed by atoms with E-state index in [-0.39, 0.29) is 5.91 Å². The fraction of sp³-hybridized carbons (Fsp3) is 0.304. The lowest BCUT2D eigenvalue weighted by Gasteiger charge is -2.31. The summed E-state index contributed by atoms with van der Waals surface area (Å²) in [7, 11) is 1.60. The lowest BCUT2D eigenvalue weighted by Crippen LogP contribution is -2.45. The number of methoxy groups -OCH3 is 1. The molecule has 1 aliphatic heterocycles. The fourth-order valence-electron chi connectivity index (χ4n) is 3.34. The van der Waals surface area contributed by atoms with Crippen LogP contribution in [-0.2, 0) is 4.79 Å². The number of allylic oxidation sites excluding steroid dienone is 1. The molecule has 3 N–H and O–H groups in total. The van der Waals surface area contributed by atoms with Crippen LogP contribution in [0.15, 0.2) is 53.7 Å². The van der Waals surface area contributed by atoms with Crippen LogP contribution in [0.25, 0.3) is 0 Å². The summed E-state index contributed by atoms with van der Waals surface area (Å²) >= 11 is 5.38. The van der Waals surface area contributed by atoms with Crippen LogP contribution in [0.4, 0.5) is 5.69 Å². The minimum absolute atomic E-state index is 0.215. The highest BCUT2D eigenvalue weighted by atomic mass is 32.1. The van der Waals surface area contributed by atoms with Gasteiger partial charge in [-0.25, -0.2) is 0 Å². The number of benzene rings is 2. The molecule has 7 heteroatoms. The molecule has 0 saturated carbocycles. The van der Waals surface area contributed by atoms with E-state index in [9.17, 15) is 4.79 Å². The van der Waals surface area contributed by atoms with Gasteiger partial charge in [0, 0.05) is 16.9 Å². The Morgan fingerprint density at radius 1 is 1.17 bits per heavy atom. The van der Waals surface area contributed by atoms with Gasteiger partial charge in [-0.2, -0.15) is 0 Å². The third-order valence-electron chi connectivity index (χ3n) is 4.81. The number of nitrogens with one attached hydrogen (secondary N) is 3. The second kappa shape index (κ2) is 9.63. The summed E-state index contributed by atoms with van der Waals surface area (Å²) < 4.78 is 11.5. The van der Waals surface area contributed by atoms with Crippen LogP contribution in [0, 0.1) is 6.92 Å². The van der Waals surface area contributed by atoms with Gasteiger partial charge in [0.05, 0.1) is 25.3 Å². The van der Waals surface area contributed by atoms with Crippen LogP contribution in [0.2, 0.25) is 0 Å². The molecule has 0 fully saturated rings. The lowest BCUT2D eigenvalue weighted by atomic mass is 9.93. The number of ether oxygens (including phenoxy) is 2. The molecule has 0 aliphatic carbocycles. The number of amides is 1. The second-order valence-electron chi connectivity index (χ2n) is 7.12. The summed E-state index contributed by atoms with van der Waals surface area (Å²) in [6.45, 7) is 6.43. The zero-order valence-corrected chi connectivity index (χ0v) is 18.5. The number of hydrogen-bond donors (Lipinski definition) is 3. The summed E-state index contributed by atoms with van der Waals surface area (Å²) in [5.41, 5.74) is 3.88. The van der Waals surface area contributed by atoms with Crippen LogP contribution >= 0.6 is 12.2 Å². The Hall–Kier alpha value is -3.06. The molecule has 1 atom stereocenters. The Morgan fingerprint density at radius 2 is 1.90 bits per heavy atom. The first-order valence-corrected chi connectivity index (χ1v) is 10.3. The SMILES string of the molecule is CCCOc1c(OC)cccc1C1NC(=S)NC(C)=C1C(=O)Nc1ccc(C)cc1. The number of rotatable bonds is 7. The van der Waals surface area contributed by atoms with Crippen molar-refractivity contribution in [1.82, 2.24) is 10.6 Å². The summed E-state index contributed by atoms with van der Waals surface area (Å²) in [4.78, 5) is 13.3. The third-order valence-corrected chi connectivity index (χ3v) is 5.03. The first-order valence-electron chi connectivity index (χ1n) is 9.90. The molecule has 3 rings (SSSR count). The topological polar surface area (TPSA) is 71.6 Å². The van der Waals surface area contributed by atoms with E-state index in [0.717, 1.165) is 23.2 Å². The molecule has 1 aliphatic rings. The Labute approximate surface area is 182 Å². The van der Waals surface area contributed by atoms with Crippen molar-refractivity contribution in [1.29, 1.82) is 0 Å². The monoisotopic (exact) mass is 425 g/mol. The smallest absolute Gasteiger partial charge is 0.255 e. The average Bonchev–Trinajstić information content (AvgIpc) is 2.72. The quantitative estimate of drug-likeness (QED) is 0.577. The predicted molar refractivity (Wildman–Crippen MR) is 123 cm³/mol. The van der Waals surface area contributed by atoms with Gasteiger partial charge in [0.1, 0.15) is 0 Å². The van der Waals surface area contributed by atoms with Gasteiger partial charge >= 0.3 is 0 Å². The van der Waals surface area contributed by atoms with E-state index < -0.39 is 6.04 Å². The van der Waals surface area contributed by atoms with Gasteiger partial charge in [0.15, 0.2) is 16.6 Å². The van der Waals surface area contributed by atoms with E-state index in [1.54, 1.807) is 7.11 Å². The fourth-order valence-corrected chi connectivity index (χ4v) is 3.61. The largest absolute Gasteiger partial charge is 0.493 e. The van der Waals surface area contributed by atoms with Gasteiger partial charge in [-0.15, -0.1) is 0 Å².